The van der Waals surface area contributed by atoms with Crippen molar-refractivity contribution in [3.8, 4) is 0 Å². The van der Waals surface area contributed by atoms with Crippen LogP contribution in [-0.4, -0.2) is 24.2 Å². The Morgan fingerprint density at radius 3 is 2.65 bits per heavy atom. The minimum Gasteiger partial charge on any atom is -0.396 e. The molecule has 0 aliphatic rings. The molecule has 1 aromatic carbocycles. The highest BCUT2D eigenvalue weighted by molar-refractivity contribution is 5.87. The lowest BCUT2D eigenvalue weighted by Gasteiger charge is -2.24. The summed E-state index contributed by atoms with van der Waals surface area (Å²) in [5, 5.41) is 11.3. The van der Waals surface area contributed by atoms with E-state index >= 15 is 0 Å². The van der Waals surface area contributed by atoms with Crippen LogP contribution in [0.15, 0.2) is 24.3 Å². The molecule has 0 aliphatic heterocycles. The Balaban J connectivity index is 2.80. The van der Waals surface area contributed by atoms with Gasteiger partial charge in [0, 0.05) is 18.7 Å². The van der Waals surface area contributed by atoms with E-state index in [1.807, 2.05) is 0 Å². The highest BCUT2D eigenvalue weighted by atomic mass is 19.1. The molecule has 0 spiro atoms. The molecular weight excluding hydrogens is 221 g/mol. The van der Waals surface area contributed by atoms with Gasteiger partial charge in [0.25, 0.3) is 0 Å². The zero-order valence-corrected chi connectivity index (χ0v) is 10.2. The van der Waals surface area contributed by atoms with Crippen LogP contribution in [-0.2, 0) is 10.2 Å². The van der Waals surface area contributed by atoms with Crippen LogP contribution < -0.4 is 5.32 Å². The molecule has 94 valence electrons. The molecule has 3 nitrogen and oxygen atoms in total. The van der Waals surface area contributed by atoms with Crippen LogP contribution in [0.5, 0.6) is 0 Å². The van der Waals surface area contributed by atoms with Gasteiger partial charge in [-0.05, 0) is 26.3 Å². The van der Waals surface area contributed by atoms with Crippen LogP contribution in [0.25, 0.3) is 0 Å². The number of carbonyl (C=O) groups excluding carboxylic acids is 1. The number of nitrogens with one attached hydrogen (secondary N) is 1. The lowest BCUT2D eigenvalue weighted by Crippen LogP contribution is -2.41. The van der Waals surface area contributed by atoms with E-state index in [0.717, 1.165) is 0 Å². The molecule has 0 saturated heterocycles. The minimum absolute atomic E-state index is 0.0282. The molecule has 0 heterocycles. The second kappa shape index (κ2) is 5.77. The van der Waals surface area contributed by atoms with Gasteiger partial charge in [0.05, 0.1) is 5.41 Å². The first-order valence-corrected chi connectivity index (χ1v) is 5.64. The van der Waals surface area contributed by atoms with E-state index in [2.05, 4.69) is 5.32 Å². The first kappa shape index (κ1) is 13.6. The number of carbonyl (C=O) groups is 1. The maximum Gasteiger partial charge on any atom is 0.230 e. The Morgan fingerprint density at radius 1 is 1.41 bits per heavy atom. The predicted octanol–water partition coefficient (Wildman–Crippen LogP) is 1.60. The molecule has 0 unspecified atom stereocenters. The van der Waals surface area contributed by atoms with Crippen molar-refractivity contribution in [3.05, 3.63) is 35.6 Å². The van der Waals surface area contributed by atoms with Crippen molar-refractivity contribution in [3.63, 3.8) is 0 Å². The standard InChI is InChI=1S/C13H18FNO2/c1-13(2,12(17)15-8-5-9-16)10-6-3-4-7-11(10)14/h3-4,6-7,16H,5,8-9H2,1-2H3,(H,15,17). The fourth-order valence-corrected chi connectivity index (χ4v) is 1.59. The van der Waals surface area contributed by atoms with Gasteiger partial charge in [0.2, 0.25) is 5.91 Å². The summed E-state index contributed by atoms with van der Waals surface area (Å²) in [6.07, 6.45) is 0.499. The van der Waals surface area contributed by atoms with Crippen molar-refractivity contribution in [2.75, 3.05) is 13.2 Å². The number of aliphatic hydroxyl groups is 1. The summed E-state index contributed by atoms with van der Waals surface area (Å²) in [6, 6.07) is 6.26. The third-order valence-electron chi connectivity index (χ3n) is 2.74. The van der Waals surface area contributed by atoms with E-state index in [1.54, 1.807) is 32.0 Å². The predicted molar refractivity (Wildman–Crippen MR) is 64.1 cm³/mol. The first-order valence-electron chi connectivity index (χ1n) is 5.64. The van der Waals surface area contributed by atoms with Crippen LogP contribution in [0, 0.1) is 5.82 Å². The SMILES string of the molecule is CC(C)(C(=O)NCCCO)c1ccccc1F. The highest BCUT2D eigenvalue weighted by Gasteiger charge is 2.31. The van der Waals surface area contributed by atoms with E-state index in [4.69, 9.17) is 5.11 Å². The lowest BCUT2D eigenvalue weighted by molar-refractivity contribution is -0.125. The Bertz CT molecular complexity index is 391. The van der Waals surface area contributed by atoms with Gasteiger partial charge >= 0.3 is 0 Å². The van der Waals surface area contributed by atoms with Crippen molar-refractivity contribution in [1.29, 1.82) is 0 Å². The average Bonchev–Trinajstić information content (AvgIpc) is 2.29. The van der Waals surface area contributed by atoms with Crippen molar-refractivity contribution >= 4 is 5.91 Å². The molecule has 0 bridgehead atoms. The van der Waals surface area contributed by atoms with Crippen molar-refractivity contribution in [2.45, 2.75) is 25.7 Å². The molecule has 0 aliphatic carbocycles. The molecule has 1 amide bonds. The van der Waals surface area contributed by atoms with Gasteiger partial charge in [-0.15, -0.1) is 0 Å². The third kappa shape index (κ3) is 3.27. The fraction of sp³-hybridized carbons (Fsp3) is 0.462. The molecule has 2 N–H and O–H groups in total. The van der Waals surface area contributed by atoms with Crippen LogP contribution >= 0.6 is 0 Å². The third-order valence-corrected chi connectivity index (χ3v) is 2.74. The quantitative estimate of drug-likeness (QED) is 0.767. The van der Waals surface area contributed by atoms with Gasteiger partial charge in [-0.1, -0.05) is 18.2 Å². The molecule has 0 radical (unpaired) electrons. The smallest absolute Gasteiger partial charge is 0.230 e. The summed E-state index contributed by atoms with van der Waals surface area (Å²) < 4.78 is 13.6. The van der Waals surface area contributed by atoms with Crippen molar-refractivity contribution < 1.29 is 14.3 Å². The number of aliphatic hydroxyl groups excluding tert-OH is 1. The van der Waals surface area contributed by atoms with Gasteiger partial charge in [0.1, 0.15) is 5.82 Å². The van der Waals surface area contributed by atoms with E-state index in [0.29, 0.717) is 18.5 Å². The van der Waals surface area contributed by atoms with Crippen LogP contribution in [0.4, 0.5) is 4.39 Å². The number of benzene rings is 1. The second-order valence-electron chi connectivity index (χ2n) is 4.44. The number of amides is 1. The van der Waals surface area contributed by atoms with Gasteiger partial charge < -0.3 is 10.4 Å². The van der Waals surface area contributed by atoms with E-state index in [1.165, 1.54) is 6.07 Å². The number of rotatable bonds is 5. The summed E-state index contributed by atoms with van der Waals surface area (Å²) in [5.41, 5.74) is -0.539. The monoisotopic (exact) mass is 239 g/mol. The summed E-state index contributed by atoms with van der Waals surface area (Å²) in [7, 11) is 0. The van der Waals surface area contributed by atoms with Gasteiger partial charge in [0.15, 0.2) is 0 Å². The first-order chi connectivity index (χ1) is 8.00. The van der Waals surface area contributed by atoms with Gasteiger partial charge in [-0.25, -0.2) is 4.39 Å². The molecular formula is C13H18FNO2. The van der Waals surface area contributed by atoms with Crippen LogP contribution in [0.3, 0.4) is 0 Å². The van der Waals surface area contributed by atoms with Crippen LogP contribution in [0.1, 0.15) is 25.8 Å². The topological polar surface area (TPSA) is 49.3 Å². The Kier molecular flexibility index (Phi) is 4.63. The molecule has 0 atom stereocenters. The zero-order valence-electron chi connectivity index (χ0n) is 10.2. The molecule has 0 aromatic heterocycles. The minimum atomic E-state index is -0.916. The largest absolute Gasteiger partial charge is 0.396 e. The molecule has 0 fully saturated rings. The van der Waals surface area contributed by atoms with Crippen molar-refractivity contribution in [1.82, 2.24) is 5.32 Å². The van der Waals surface area contributed by atoms with E-state index in [9.17, 15) is 9.18 Å². The molecule has 1 rings (SSSR count). The number of hydrogen-bond acceptors (Lipinski definition) is 2. The van der Waals surface area contributed by atoms with Gasteiger partial charge in [-0.3, -0.25) is 4.79 Å². The fourth-order valence-electron chi connectivity index (χ4n) is 1.59. The van der Waals surface area contributed by atoms with E-state index in [-0.39, 0.29) is 18.3 Å². The zero-order chi connectivity index (χ0) is 12.9. The molecule has 1 aromatic rings. The molecule has 4 heteroatoms. The summed E-state index contributed by atoms with van der Waals surface area (Å²) >= 11 is 0. The van der Waals surface area contributed by atoms with Crippen LogP contribution in [0.2, 0.25) is 0 Å². The molecule has 17 heavy (non-hydrogen) atoms. The number of halogens is 1. The Morgan fingerprint density at radius 2 is 2.06 bits per heavy atom. The normalized spacial score (nSPS) is 11.3. The van der Waals surface area contributed by atoms with E-state index < -0.39 is 5.41 Å². The summed E-state index contributed by atoms with van der Waals surface area (Å²) in [6.45, 7) is 3.78. The molecule has 0 saturated carbocycles. The summed E-state index contributed by atoms with van der Waals surface area (Å²) in [5.74, 6) is -0.620. The summed E-state index contributed by atoms with van der Waals surface area (Å²) in [4.78, 5) is 11.9. The lowest BCUT2D eigenvalue weighted by atomic mass is 9.83. The number of hydrogen-bond donors (Lipinski definition) is 2. The highest BCUT2D eigenvalue weighted by Crippen LogP contribution is 2.25. The maximum absolute atomic E-state index is 13.6. The average molecular weight is 239 g/mol. The van der Waals surface area contributed by atoms with Crippen molar-refractivity contribution in [2.24, 2.45) is 0 Å². The van der Waals surface area contributed by atoms with Gasteiger partial charge in [-0.2, -0.15) is 0 Å². The Hall–Kier alpha value is -1.42. The second-order valence-corrected chi connectivity index (χ2v) is 4.44. The maximum atomic E-state index is 13.6. The Labute approximate surface area is 101 Å².